The number of benzene rings is 3. The van der Waals surface area contributed by atoms with Crippen LogP contribution >= 0.6 is 23.2 Å². The van der Waals surface area contributed by atoms with E-state index in [1.165, 1.54) is 12.1 Å². The SMILES string of the molecule is CN(C)c1c(Cl)cc(-c2cc3c(cc2-c2ccc(S(N)(=O)=O)cc2)OCO3)cc1Cl. The van der Waals surface area contributed by atoms with E-state index in [1.54, 1.807) is 12.1 Å². The molecule has 0 amide bonds. The molecule has 1 aliphatic rings. The van der Waals surface area contributed by atoms with Gasteiger partial charge in [-0.1, -0.05) is 35.3 Å². The van der Waals surface area contributed by atoms with Gasteiger partial charge in [-0.15, -0.1) is 0 Å². The van der Waals surface area contributed by atoms with Crippen LogP contribution in [0.5, 0.6) is 11.5 Å². The lowest BCUT2D eigenvalue weighted by molar-refractivity contribution is 0.174. The van der Waals surface area contributed by atoms with Crippen molar-refractivity contribution in [3.8, 4) is 33.8 Å². The molecule has 3 aromatic rings. The summed E-state index contributed by atoms with van der Waals surface area (Å²) >= 11 is 13.0. The van der Waals surface area contributed by atoms with E-state index in [9.17, 15) is 8.42 Å². The maximum atomic E-state index is 11.6. The molecule has 3 aromatic carbocycles. The number of fused-ring (bicyclic) bond motifs is 1. The lowest BCUT2D eigenvalue weighted by atomic mass is 9.93. The van der Waals surface area contributed by atoms with Gasteiger partial charge in [-0.3, -0.25) is 0 Å². The van der Waals surface area contributed by atoms with Gasteiger partial charge in [0.15, 0.2) is 11.5 Å². The van der Waals surface area contributed by atoms with E-state index < -0.39 is 10.0 Å². The Morgan fingerprint density at radius 1 is 0.867 bits per heavy atom. The van der Waals surface area contributed by atoms with Crippen molar-refractivity contribution in [3.63, 3.8) is 0 Å². The van der Waals surface area contributed by atoms with Crippen molar-refractivity contribution < 1.29 is 17.9 Å². The molecule has 0 fully saturated rings. The highest BCUT2D eigenvalue weighted by Gasteiger charge is 2.21. The Hall–Kier alpha value is -2.45. The number of halogens is 2. The molecule has 156 valence electrons. The molecule has 6 nitrogen and oxygen atoms in total. The number of hydrogen-bond acceptors (Lipinski definition) is 5. The second-order valence-corrected chi connectivity index (χ2v) is 9.38. The Morgan fingerprint density at radius 2 is 1.37 bits per heavy atom. The van der Waals surface area contributed by atoms with Gasteiger partial charge in [0.2, 0.25) is 16.8 Å². The van der Waals surface area contributed by atoms with E-state index in [0.717, 1.165) is 27.9 Å². The Kier molecular flexibility index (Phi) is 5.32. The molecular formula is C21H18Cl2N2O4S. The molecule has 2 N–H and O–H groups in total. The molecule has 0 aromatic heterocycles. The lowest BCUT2D eigenvalue weighted by Crippen LogP contribution is -2.11. The van der Waals surface area contributed by atoms with Crippen molar-refractivity contribution in [3.05, 3.63) is 58.6 Å². The molecule has 0 radical (unpaired) electrons. The fourth-order valence-electron chi connectivity index (χ4n) is 3.39. The number of primary sulfonamides is 1. The Morgan fingerprint density at radius 3 is 1.83 bits per heavy atom. The minimum atomic E-state index is -3.78. The van der Waals surface area contributed by atoms with E-state index >= 15 is 0 Å². The van der Waals surface area contributed by atoms with Crippen LogP contribution in [0, 0.1) is 0 Å². The normalized spacial score (nSPS) is 12.8. The third-order valence-corrected chi connectivity index (χ3v) is 6.29. The van der Waals surface area contributed by atoms with E-state index in [2.05, 4.69) is 0 Å². The smallest absolute Gasteiger partial charge is 0.238 e. The van der Waals surface area contributed by atoms with Crippen LogP contribution < -0.4 is 19.5 Å². The number of ether oxygens (including phenoxy) is 2. The molecule has 1 heterocycles. The molecule has 0 bridgehead atoms. The topological polar surface area (TPSA) is 81.9 Å². The number of nitrogens with two attached hydrogens (primary N) is 1. The predicted octanol–water partition coefficient (Wildman–Crippen LogP) is 4.77. The van der Waals surface area contributed by atoms with Gasteiger partial charge in [0, 0.05) is 14.1 Å². The molecule has 0 aliphatic carbocycles. The summed E-state index contributed by atoms with van der Waals surface area (Å²) in [7, 11) is -0.0482. The third-order valence-electron chi connectivity index (χ3n) is 4.78. The number of anilines is 1. The quantitative estimate of drug-likeness (QED) is 0.601. The van der Waals surface area contributed by atoms with Crippen LogP contribution in [0.4, 0.5) is 5.69 Å². The molecule has 0 unspecified atom stereocenters. The summed E-state index contributed by atoms with van der Waals surface area (Å²) in [4.78, 5) is 1.89. The Bertz CT molecular complexity index is 1220. The van der Waals surface area contributed by atoms with Crippen molar-refractivity contribution in [1.82, 2.24) is 0 Å². The van der Waals surface area contributed by atoms with E-state index in [-0.39, 0.29) is 11.7 Å². The molecule has 30 heavy (non-hydrogen) atoms. The monoisotopic (exact) mass is 464 g/mol. The highest BCUT2D eigenvalue weighted by molar-refractivity contribution is 7.89. The van der Waals surface area contributed by atoms with E-state index in [0.29, 0.717) is 21.5 Å². The summed E-state index contributed by atoms with van der Waals surface area (Å²) in [5.41, 5.74) is 3.92. The van der Waals surface area contributed by atoms with Crippen LogP contribution in [0.25, 0.3) is 22.3 Å². The second-order valence-electron chi connectivity index (χ2n) is 7.00. The molecule has 0 saturated carbocycles. The van der Waals surface area contributed by atoms with Gasteiger partial charge >= 0.3 is 0 Å². The first-order valence-corrected chi connectivity index (χ1v) is 11.2. The zero-order chi connectivity index (χ0) is 21.6. The summed E-state index contributed by atoms with van der Waals surface area (Å²) in [6.45, 7) is 0.129. The number of nitrogens with zero attached hydrogens (tertiary/aromatic N) is 1. The second kappa shape index (κ2) is 7.67. The molecular weight excluding hydrogens is 447 g/mol. The third kappa shape index (κ3) is 3.81. The molecule has 0 saturated heterocycles. The predicted molar refractivity (Wildman–Crippen MR) is 119 cm³/mol. The van der Waals surface area contributed by atoms with Crippen molar-refractivity contribution in [2.24, 2.45) is 5.14 Å². The maximum Gasteiger partial charge on any atom is 0.238 e. The average molecular weight is 465 g/mol. The summed E-state index contributed by atoms with van der Waals surface area (Å²) < 4.78 is 34.3. The molecule has 0 spiro atoms. The van der Waals surface area contributed by atoms with Crippen LogP contribution in [-0.2, 0) is 10.0 Å². The maximum absolute atomic E-state index is 11.6. The van der Waals surface area contributed by atoms with Crippen LogP contribution in [0.1, 0.15) is 0 Å². The first-order valence-electron chi connectivity index (χ1n) is 8.89. The van der Waals surface area contributed by atoms with Gasteiger partial charge < -0.3 is 14.4 Å². The zero-order valence-electron chi connectivity index (χ0n) is 16.1. The Balaban J connectivity index is 1.91. The van der Waals surface area contributed by atoms with Gasteiger partial charge in [-0.25, -0.2) is 13.6 Å². The van der Waals surface area contributed by atoms with Crippen molar-refractivity contribution in [1.29, 1.82) is 0 Å². The zero-order valence-corrected chi connectivity index (χ0v) is 18.5. The fraction of sp³-hybridized carbons (Fsp3) is 0.143. The van der Waals surface area contributed by atoms with Crippen molar-refractivity contribution in [2.45, 2.75) is 4.90 Å². The summed E-state index contributed by atoms with van der Waals surface area (Å²) in [5.74, 6) is 1.21. The van der Waals surface area contributed by atoms with Crippen LogP contribution in [-0.4, -0.2) is 29.3 Å². The van der Waals surface area contributed by atoms with Crippen LogP contribution in [0.3, 0.4) is 0 Å². The average Bonchev–Trinajstić information content (AvgIpc) is 3.13. The number of sulfonamides is 1. The van der Waals surface area contributed by atoms with Crippen LogP contribution in [0.2, 0.25) is 10.0 Å². The molecule has 1 aliphatic heterocycles. The fourth-order valence-corrected chi connectivity index (χ4v) is 4.73. The standard InChI is InChI=1S/C21H18Cl2N2O4S/c1-25(2)21-17(22)7-13(8-18(21)23)16-10-20-19(28-11-29-20)9-15(16)12-3-5-14(6-4-12)30(24,26)27/h3-10H,11H2,1-2H3,(H2,24,26,27). The molecule has 0 atom stereocenters. The highest BCUT2D eigenvalue weighted by Crippen LogP contribution is 2.45. The van der Waals surface area contributed by atoms with E-state index in [4.69, 9.17) is 37.8 Å². The minimum Gasteiger partial charge on any atom is -0.454 e. The summed E-state index contributed by atoms with van der Waals surface area (Å²) in [5, 5.41) is 6.23. The molecule has 4 rings (SSSR count). The summed E-state index contributed by atoms with van der Waals surface area (Å²) in [6.07, 6.45) is 0. The van der Waals surface area contributed by atoms with Gasteiger partial charge in [0.25, 0.3) is 0 Å². The van der Waals surface area contributed by atoms with E-state index in [1.807, 2.05) is 43.3 Å². The van der Waals surface area contributed by atoms with Gasteiger partial charge in [-0.05, 0) is 58.7 Å². The highest BCUT2D eigenvalue weighted by atomic mass is 35.5. The van der Waals surface area contributed by atoms with Crippen molar-refractivity contribution in [2.75, 3.05) is 25.8 Å². The van der Waals surface area contributed by atoms with Crippen LogP contribution in [0.15, 0.2) is 53.4 Å². The van der Waals surface area contributed by atoms with Gasteiger partial charge in [0.1, 0.15) is 0 Å². The lowest BCUT2D eigenvalue weighted by Gasteiger charge is -2.19. The largest absolute Gasteiger partial charge is 0.454 e. The first-order chi connectivity index (χ1) is 14.1. The minimum absolute atomic E-state index is 0.0370. The van der Waals surface area contributed by atoms with Gasteiger partial charge in [0.05, 0.1) is 20.6 Å². The Labute approximate surface area is 184 Å². The molecule has 9 heteroatoms. The number of hydrogen-bond donors (Lipinski definition) is 1. The van der Waals surface area contributed by atoms with Gasteiger partial charge in [-0.2, -0.15) is 0 Å². The first kappa shape index (κ1) is 20.8. The van der Waals surface area contributed by atoms with Crippen molar-refractivity contribution >= 4 is 38.9 Å². The summed E-state index contributed by atoms with van der Waals surface area (Å²) in [6, 6.07) is 13.7. The number of rotatable bonds is 4.